The fourth-order valence-corrected chi connectivity index (χ4v) is 2.36. The summed E-state index contributed by atoms with van der Waals surface area (Å²) in [4.78, 5) is 12.1. The van der Waals surface area contributed by atoms with Gasteiger partial charge in [-0.3, -0.25) is 0 Å². The third-order valence-corrected chi connectivity index (χ3v) is 3.54. The van der Waals surface area contributed by atoms with Gasteiger partial charge in [0.1, 0.15) is 17.6 Å². The van der Waals surface area contributed by atoms with Crippen molar-refractivity contribution in [2.45, 2.75) is 13.0 Å². The van der Waals surface area contributed by atoms with Crippen molar-refractivity contribution in [1.29, 1.82) is 5.26 Å². The number of nitrogens with zero attached hydrogens (tertiary/aromatic N) is 1. The topological polar surface area (TPSA) is 59.3 Å². The highest BCUT2D eigenvalue weighted by molar-refractivity contribution is 9.10. The molecule has 22 heavy (non-hydrogen) atoms. The molecule has 2 aromatic rings. The van der Waals surface area contributed by atoms with Gasteiger partial charge in [0.25, 0.3) is 0 Å². The molecule has 0 saturated heterocycles. The number of carbonyl (C=O) groups is 1. The van der Waals surface area contributed by atoms with E-state index in [1.807, 2.05) is 6.07 Å². The van der Waals surface area contributed by atoms with E-state index in [0.717, 1.165) is 4.47 Å². The van der Waals surface area contributed by atoms with Gasteiger partial charge in [-0.05, 0) is 37.3 Å². The summed E-state index contributed by atoms with van der Waals surface area (Å²) in [5, 5.41) is 9.31. The summed E-state index contributed by atoms with van der Waals surface area (Å²) in [5.74, 6) is -0.0211. The molecule has 0 heterocycles. The molecule has 2 rings (SSSR count). The van der Waals surface area contributed by atoms with Gasteiger partial charge in [-0.15, -0.1) is 0 Å². The lowest BCUT2D eigenvalue weighted by molar-refractivity contribution is -0.141. The summed E-state index contributed by atoms with van der Waals surface area (Å²) in [6, 6.07) is 13.6. The molecule has 6 heteroatoms. The Bertz CT molecular complexity index is 742. The number of carbonyl (C=O) groups excluding carboxylic acids is 1. The normalized spacial score (nSPS) is 11.4. The predicted molar refractivity (Wildman–Crippen MR) is 86.0 cm³/mol. The predicted octanol–water partition coefficient (Wildman–Crippen LogP) is 4.35. The second kappa shape index (κ2) is 7.30. The summed E-state index contributed by atoms with van der Waals surface area (Å²) in [6.45, 7) is 1.54. The van der Waals surface area contributed by atoms with Crippen LogP contribution in [0.1, 0.15) is 12.5 Å². The van der Waals surface area contributed by atoms with E-state index in [0.29, 0.717) is 16.3 Å². The Balaban J connectivity index is 2.08. The van der Waals surface area contributed by atoms with Crippen molar-refractivity contribution in [3.8, 4) is 17.6 Å². The van der Waals surface area contributed by atoms with Crippen LogP contribution in [-0.2, 0) is 4.79 Å². The highest BCUT2D eigenvalue weighted by atomic mass is 79.9. The van der Waals surface area contributed by atoms with Gasteiger partial charge >= 0.3 is 5.97 Å². The first-order chi connectivity index (χ1) is 10.5. The Morgan fingerprint density at radius 1 is 1.27 bits per heavy atom. The van der Waals surface area contributed by atoms with E-state index in [1.165, 1.54) is 0 Å². The molecule has 0 radical (unpaired) electrons. The SMILES string of the molecule is CC(Oc1ccccc1C#N)C(=O)Oc1ccc(Br)cc1Cl. The zero-order valence-electron chi connectivity index (χ0n) is 11.5. The van der Waals surface area contributed by atoms with Crippen LogP contribution in [0.5, 0.6) is 11.5 Å². The minimum Gasteiger partial charge on any atom is -0.478 e. The molecule has 0 aliphatic rings. The van der Waals surface area contributed by atoms with Gasteiger partial charge in [-0.25, -0.2) is 4.79 Å². The van der Waals surface area contributed by atoms with Crippen molar-refractivity contribution >= 4 is 33.5 Å². The van der Waals surface area contributed by atoms with Crippen molar-refractivity contribution in [2.24, 2.45) is 0 Å². The maximum atomic E-state index is 12.1. The number of rotatable bonds is 4. The number of benzene rings is 2. The second-order valence-corrected chi connectivity index (χ2v) is 5.69. The Hall–Kier alpha value is -2.03. The maximum Gasteiger partial charge on any atom is 0.352 e. The molecular formula is C16H11BrClNO3. The molecule has 0 bridgehead atoms. The minimum atomic E-state index is -0.880. The quantitative estimate of drug-likeness (QED) is 0.584. The van der Waals surface area contributed by atoms with Crippen LogP contribution in [0.4, 0.5) is 0 Å². The van der Waals surface area contributed by atoms with Gasteiger partial charge in [0, 0.05) is 4.47 Å². The first kappa shape index (κ1) is 16.3. The molecule has 0 aliphatic carbocycles. The summed E-state index contributed by atoms with van der Waals surface area (Å²) in [7, 11) is 0. The van der Waals surface area contributed by atoms with Crippen LogP contribution in [0.25, 0.3) is 0 Å². The third kappa shape index (κ3) is 4.00. The van der Waals surface area contributed by atoms with Crippen molar-refractivity contribution in [3.63, 3.8) is 0 Å². The molecule has 2 aromatic carbocycles. The van der Waals surface area contributed by atoms with Gasteiger partial charge in [-0.2, -0.15) is 5.26 Å². The third-order valence-electron chi connectivity index (χ3n) is 2.75. The van der Waals surface area contributed by atoms with Gasteiger partial charge in [0.15, 0.2) is 6.10 Å². The van der Waals surface area contributed by atoms with Crippen LogP contribution < -0.4 is 9.47 Å². The van der Waals surface area contributed by atoms with Crippen molar-refractivity contribution in [3.05, 3.63) is 57.5 Å². The summed E-state index contributed by atoms with van der Waals surface area (Å²) in [5.41, 5.74) is 0.351. The van der Waals surface area contributed by atoms with E-state index >= 15 is 0 Å². The Morgan fingerprint density at radius 3 is 2.68 bits per heavy atom. The lowest BCUT2D eigenvalue weighted by atomic mass is 10.2. The van der Waals surface area contributed by atoms with Crippen molar-refractivity contribution in [2.75, 3.05) is 0 Å². The second-order valence-electron chi connectivity index (χ2n) is 4.36. The van der Waals surface area contributed by atoms with Gasteiger partial charge in [0.2, 0.25) is 0 Å². The largest absolute Gasteiger partial charge is 0.478 e. The fourth-order valence-electron chi connectivity index (χ4n) is 1.65. The Kier molecular flexibility index (Phi) is 5.42. The number of para-hydroxylation sites is 1. The molecule has 112 valence electrons. The Morgan fingerprint density at radius 2 is 2.00 bits per heavy atom. The smallest absolute Gasteiger partial charge is 0.352 e. The minimum absolute atomic E-state index is 0.249. The van der Waals surface area contributed by atoms with E-state index < -0.39 is 12.1 Å². The molecule has 4 nitrogen and oxygen atoms in total. The van der Waals surface area contributed by atoms with Crippen LogP contribution in [0, 0.1) is 11.3 Å². The number of hydrogen-bond donors (Lipinski definition) is 0. The number of ether oxygens (including phenoxy) is 2. The first-order valence-electron chi connectivity index (χ1n) is 6.34. The van der Waals surface area contributed by atoms with Crippen LogP contribution in [-0.4, -0.2) is 12.1 Å². The molecule has 0 amide bonds. The van der Waals surface area contributed by atoms with E-state index in [-0.39, 0.29) is 5.75 Å². The van der Waals surface area contributed by atoms with Gasteiger partial charge in [-0.1, -0.05) is 39.7 Å². The summed E-state index contributed by atoms with van der Waals surface area (Å²) < 4.78 is 11.5. The van der Waals surface area contributed by atoms with Crippen LogP contribution >= 0.6 is 27.5 Å². The molecule has 1 atom stereocenters. The lowest BCUT2D eigenvalue weighted by Crippen LogP contribution is -2.28. The van der Waals surface area contributed by atoms with E-state index in [4.69, 9.17) is 26.3 Å². The highest BCUT2D eigenvalue weighted by Crippen LogP contribution is 2.28. The van der Waals surface area contributed by atoms with E-state index in [1.54, 1.807) is 49.4 Å². The fraction of sp³-hybridized carbons (Fsp3) is 0.125. The van der Waals surface area contributed by atoms with Crippen LogP contribution in [0.3, 0.4) is 0 Å². The molecule has 0 aromatic heterocycles. The van der Waals surface area contributed by atoms with Gasteiger partial charge < -0.3 is 9.47 Å². The zero-order chi connectivity index (χ0) is 16.1. The summed E-state index contributed by atoms with van der Waals surface area (Å²) >= 11 is 9.27. The molecular weight excluding hydrogens is 370 g/mol. The molecule has 0 N–H and O–H groups in total. The number of nitriles is 1. The van der Waals surface area contributed by atoms with Crippen LogP contribution in [0.15, 0.2) is 46.9 Å². The van der Waals surface area contributed by atoms with Crippen molar-refractivity contribution in [1.82, 2.24) is 0 Å². The van der Waals surface area contributed by atoms with E-state index in [9.17, 15) is 4.79 Å². The maximum absolute atomic E-state index is 12.1. The number of hydrogen-bond acceptors (Lipinski definition) is 4. The Labute approximate surface area is 141 Å². The summed E-state index contributed by atoms with van der Waals surface area (Å²) in [6.07, 6.45) is -0.880. The monoisotopic (exact) mass is 379 g/mol. The van der Waals surface area contributed by atoms with E-state index in [2.05, 4.69) is 15.9 Å². The standard InChI is InChI=1S/C16H11BrClNO3/c1-10(21-14-5-3-2-4-11(14)9-19)16(20)22-15-7-6-12(17)8-13(15)18/h2-8,10H,1H3. The zero-order valence-corrected chi connectivity index (χ0v) is 13.9. The molecule has 0 spiro atoms. The number of halogens is 2. The lowest BCUT2D eigenvalue weighted by Gasteiger charge is -2.15. The molecule has 0 saturated carbocycles. The van der Waals surface area contributed by atoms with Crippen LogP contribution in [0.2, 0.25) is 5.02 Å². The highest BCUT2D eigenvalue weighted by Gasteiger charge is 2.19. The molecule has 1 unspecified atom stereocenters. The molecule has 0 fully saturated rings. The van der Waals surface area contributed by atoms with Crippen molar-refractivity contribution < 1.29 is 14.3 Å². The first-order valence-corrected chi connectivity index (χ1v) is 7.51. The average Bonchev–Trinajstić information content (AvgIpc) is 2.50. The van der Waals surface area contributed by atoms with Gasteiger partial charge in [0.05, 0.1) is 10.6 Å². The number of esters is 1. The molecule has 0 aliphatic heterocycles. The average molecular weight is 381 g/mol.